The largest absolute Gasteiger partial charge is 0.489 e. The van der Waals surface area contributed by atoms with Gasteiger partial charge in [0, 0.05) is 17.6 Å². The van der Waals surface area contributed by atoms with Crippen LogP contribution in [0.1, 0.15) is 15.2 Å². The molecule has 1 aliphatic heterocycles. The Hall–Kier alpha value is -2.08. The van der Waals surface area contributed by atoms with Crippen molar-refractivity contribution in [1.82, 2.24) is 4.98 Å². The summed E-state index contributed by atoms with van der Waals surface area (Å²) in [6, 6.07) is 3.22. The van der Waals surface area contributed by atoms with Crippen molar-refractivity contribution in [3.63, 3.8) is 0 Å². The van der Waals surface area contributed by atoms with Gasteiger partial charge in [-0.1, -0.05) is 0 Å². The number of ether oxygens (including phenoxy) is 1. The number of nitrogens with one attached hydrogen (secondary N) is 1. The monoisotopic (exact) mass is 276 g/mol. The van der Waals surface area contributed by atoms with E-state index in [1.165, 1.54) is 11.3 Å². The first-order valence-corrected chi connectivity index (χ1v) is 6.67. The molecule has 0 atom stereocenters. The van der Waals surface area contributed by atoms with E-state index in [-0.39, 0.29) is 5.56 Å². The maximum atomic E-state index is 11.2. The number of carboxylic acid groups (broad SMARTS) is 1. The maximum Gasteiger partial charge on any atom is 0.335 e. The third-order valence-corrected chi connectivity index (χ3v) is 3.80. The lowest BCUT2D eigenvalue weighted by Gasteiger charge is -2.21. The smallest absolute Gasteiger partial charge is 0.335 e. The number of hydrogen-bond acceptors (Lipinski definition) is 5. The molecular formula is C13H12N2O3S. The van der Waals surface area contributed by atoms with E-state index in [9.17, 15) is 9.90 Å². The van der Waals surface area contributed by atoms with Crippen molar-refractivity contribution in [2.45, 2.75) is 6.92 Å². The third kappa shape index (κ3) is 2.15. The summed E-state index contributed by atoms with van der Waals surface area (Å²) in [4.78, 5) is 16.6. The van der Waals surface area contributed by atoms with Gasteiger partial charge in [-0.2, -0.15) is 0 Å². The third-order valence-electron chi connectivity index (χ3n) is 2.85. The molecule has 5 nitrogen and oxygen atoms in total. The minimum atomic E-state index is -0.954. The summed E-state index contributed by atoms with van der Waals surface area (Å²) in [6.07, 6.45) is 1.77. The predicted molar refractivity (Wildman–Crippen MR) is 73.2 cm³/mol. The molecule has 6 heteroatoms. The fraction of sp³-hybridized carbons (Fsp3) is 0.231. The van der Waals surface area contributed by atoms with Crippen LogP contribution < -0.4 is 10.1 Å². The van der Waals surface area contributed by atoms with Crippen LogP contribution in [0.25, 0.3) is 10.6 Å². The van der Waals surface area contributed by atoms with Crippen molar-refractivity contribution < 1.29 is 14.6 Å². The highest BCUT2D eigenvalue weighted by Gasteiger charge is 2.20. The molecule has 0 unspecified atom stereocenters. The van der Waals surface area contributed by atoms with Gasteiger partial charge in [0.05, 0.1) is 16.8 Å². The number of anilines is 1. The highest BCUT2D eigenvalue weighted by Crippen LogP contribution is 2.40. The predicted octanol–water partition coefficient (Wildman–Crippen LogP) is 2.62. The van der Waals surface area contributed by atoms with Crippen molar-refractivity contribution in [3.05, 3.63) is 28.8 Å². The number of aryl methyl sites for hydroxylation is 1. The Labute approximate surface area is 113 Å². The summed E-state index contributed by atoms with van der Waals surface area (Å²) in [6.45, 7) is 3.21. The van der Waals surface area contributed by atoms with Crippen LogP contribution in [0.4, 0.5) is 5.69 Å². The molecule has 98 valence electrons. The topological polar surface area (TPSA) is 71.5 Å². The first kappa shape index (κ1) is 12.0. The minimum absolute atomic E-state index is 0.236. The number of aromatic carboxylic acids is 1. The number of rotatable bonds is 2. The molecule has 0 saturated carbocycles. The fourth-order valence-electron chi connectivity index (χ4n) is 2.02. The molecule has 19 heavy (non-hydrogen) atoms. The van der Waals surface area contributed by atoms with E-state index < -0.39 is 5.97 Å². The number of nitrogens with zero attached hydrogens (tertiary/aromatic N) is 1. The molecule has 0 aliphatic carbocycles. The van der Waals surface area contributed by atoms with Crippen molar-refractivity contribution >= 4 is 23.0 Å². The second kappa shape index (κ2) is 4.55. The van der Waals surface area contributed by atoms with E-state index in [2.05, 4.69) is 10.3 Å². The molecule has 2 N–H and O–H groups in total. The second-order valence-electron chi connectivity index (χ2n) is 4.26. The van der Waals surface area contributed by atoms with Gasteiger partial charge in [-0.25, -0.2) is 9.78 Å². The van der Waals surface area contributed by atoms with Gasteiger partial charge in [-0.15, -0.1) is 11.3 Å². The van der Waals surface area contributed by atoms with Crippen LogP contribution in [0.2, 0.25) is 0 Å². The molecule has 2 heterocycles. The molecule has 1 aromatic carbocycles. The quantitative estimate of drug-likeness (QED) is 0.882. The van der Waals surface area contributed by atoms with E-state index in [1.54, 1.807) is 18.3 Å². The number of hydrogen-bond donors (Lipinski definition) is 2. The zero-order valence-corrected chi connectivity index (χ0v) is 11.1. The zero-order valence-electron chi connectivity index (χ0n) is 10.3. The van der Waals surface area contributed by atoms with E-state index in [4.69, 9.17) is 4.74 Å². The average Bonchev–Trinajstić information content (AvgIpc) is 2.84. The van der Waals surface area contributed by atoms with Gasteiger partial charge < -0.3 is 15.2 Å². The summed E-state index contributed by atoms with van der Waals surface area (Å²) in [7, 11) is 0. The van der Waals surface area contributed by atoms with Crippen LogP contribution >= 0.6 is 11.3 Å². The molecule has 0 fully saturated rings. The van der Waals surface area contributed by atoms with Crippen LogP contribution in [0, 0.1) is 6.92 Å². The van der Waals surface area contributed by atoms with Crippen LogP contribution in [0.5, 0.6) is 5.75 Å². The van der Waals surface area contributed by atoms with Crippen LogP contribution in [0.3, 0.4) is 0 Å². The molecular weight excluding hydrogens is 264 g/mol. The maximum absolute atomic E-state index is 11.2. The number of fused-ring (bicyclic) bond motifs is 1. The summed E-state index contributed by atoms with van der Waals surface area (Å²) in [5, 5.41) is 13.1. The Morgan fingerprint density at radius 1 is 1.53 bits per heavy atom. The number of thiazole rings is 1. The standard InChI is InChI=1S/C13H12N2O3S/c1-7-6-15-12(19-7)9-4-8(13(16)17)5-10-11(9)18-3-2-14-10/h4-6,14H,2-3H2,1H3,(H,16,17). The zero-order chi connectivity index (χ0) is 13.4. The summed E-state index contributed by atoms with van der Waals surface area (Å²) < 4.78 is 5.66. The Kier molecular flexibility index (Phi) is 2.87. The molecule has 1 aromatic heterocycles. The minimum Gasteiger partial charge on any atom is -0.489 e. The van der Waals surface area contributed by atoms with E-state index in [1.807, 2.05) is 6.92 Å². The number of carboxylic acids is 1. The van der Waals surface area contributed by atoms with Gasteiger partial charge >= 0.3 is 5.97 Å². The first-order valence-electron chi connectivity index (χ1n) is 5.86. The van der Waals surface area contributed by atoms with Crippen molar-refractivity contribution in [1.29, 1.82) is 0 Å². The van der Waals surface area contributed by atoms with Gasteiger partial charge in [0.15, 0.2) is 5.75 Å². The second-order valence-corrected chi connectivity index (χ2v) is 5.49. The Morgan fingerprint density at radius 3 is 3.05 bits per heavy atom. The van der Waals surface area contributed by atoms with Gasteiger partial charge in [-0.3, -0.25) is 0 Å². The van der Waals surface area contributed by atoms with E-state index in [0.29, 0.717) is 24.6 Å². The molecule has 0 saturated heterocycles. The van der Waals surface area contributed by atoms with E-state index in [0.717, 1.165) is 15.4 Å². The molecule has 0 spiro atoms. The number of benzene rings is 1. The summed E-state index contributed by atoms with van der Waals surface area (Å²) >= 11 is 1.52. The normalized spacial score (nSPS) is 13.3. The lowest BCUT2D eigenvalue weighted by atomic mass is 10.1. The Morgan fingerprint density at radius 2 is 2.37 bits per heavy atom. The number of carbonyl (C=O) groups is 1. The highest BCUT2D eigenvalue weighted by atomic mass is 32.1. The van der Waals surface area contributed by atoms with Gasteiger partial charge in [0.1, 0.15) is 11.6 Å². The van der Waals surface area contributed by atoms with Gasteiger partial charge in [0.2, 0.25) is 0 Å². The lowest BCUT2D eigenvalue weighted by Crippen LogP contribution is -2.19. The molecule has 0 bridgehead atoms. The number of aromatic nitrogens is 1. The molecule has 1 aliphatic rings. The molecule has 2 aromatic rings. The molecule has 0 amide bonds. The van der Waals surface area contributed by atoms with Crippen molar-refractivity contribution in [2.24, 2.45) is 0 Å². The highest BCUT2D eigenvalue weighted by molar-refractivity contribution is 7.15. The van der Waals surface area contributed by atoms with Gasteiger partial charge in [0.25, 0.3) is 0 Å². The molecule has 3 rings (SSSR count). The lowest BCUT2D eigenvalue weighted by molar-refractivity contribution is 0.0697. The first-order chi connectivity index (χ1) is 9.15. The molecule has 0 radical (unpaired) electrons. The van der Waals surface area contributed by atoms with E-state index >= 15 is 0 Å². The SMILES string of the molecule is Cc1cnc(-c2cc(C(=O)O)cc3c2OCCN3)s1. The van der Waals surface area contributed by atoms with Crippen molar-refractivity contribution in [3.8, 4) is 16.3 Å². The van der Waals surface area contributed by atoms with Crippen LogP contribution in [-0.4, -0.2) is 29.2 Å². The summed E-state index contributed by atoms with van der Waals surface area (Å²) in [5.74, 6) is -0.268. The Balaban J connectivity index is 2.20. The van der Waals surface area contributed by atoms with Crippen molar-refractivity contribution in [2.75, 3.05) is 18.5 Å². The summed E-state index contributed by atoms with van der Waals surface area (Å²) in [5.41, 5.74) is 1.69. The van der Waals surface area contributed by atoms with Crippen LogP contribution in [-0.2, 0) is 0 Å². The van der Waals surface area contributed by atoms with Crippen LogP contribution in [0.15, 0.2) is 18.3 Å². The fourth-order valence-corrected chi connectivity index (χ4v) is 2.79. The Bertz CT molecular complexity index is 651. The van der Waals surface area contributed by atoms with Gasteiger partial charge in [-0.05, 0) is 19.1 Å². The average molecular weight is 276 g/mol.